The number of carbonyl (C=O) groups is 2. The Morgan fingerprint density at radius 3 is 2.61 bits per heavy atom. The van der Waals surface area contributed by atoms with E-state index in [1.165, 1.54) is 6.92 Å². The van der Waals surface area contributed by atoms with E-state index < -0.39 is 11.7 Å². The van der Waals surface area contributed by atoms with Gasteiger partial charge in [-0.05, 0) is 44.4 Å². The van der Waals surface area contributed by atoms with Crippen LogP contribution in [0, 0.1) is 0 Å². The molecular weight excluding hydrogens is 292 g/mol. The van der Waals surface area contributed by atoms with Crippen LogP contribution in [0.5, 0.6) is 0 Å². The van der Waals surface area contributed by atoms with Crippen LogP contribution < -0.4 is 10.6 Å². The number of ether oxygens (including phenoxy) is 1. The minimum Gasteiger partial charge on any atom is -0.444 e. The quantitative estimate of drug-likeness (QED) is 0.791. The lowest BCUT2D eigenvalue weighted by molar-refractivity contribution is -0.118. The monoisotopic (exact) mass is 318 g/mol. The van der Waals surface area contributed by atoms with Crippen molar-refractivity contribution >= 4 is 18.1 Å². The third-order valence-corrected chi connectivity index (χ3v) is 2.78. The molecule has 0 radical (unpaired) electrons. The number of carbonyl (C=O) groups excluding carboxylic acids is 2. The Hall–Kier alpha value is -2.30. The molecule has 0 aliphatic rings. The van der Waals surface area contributed by atoms with E-state index in [0.717, 1.165) is 17.5 Å². The Morgan fingerprint density at radius 2 is 1.96 bits per heavy atom. The lowest BCUT2D eigenvalue weighted by atomic mass is 10.1. The SMILES string of the molecule is CC(=O)NCCC=Cc1cccc(CNC(=O)OC(C)(C)C)c1. The molecule has 2 N–H and O–H groups in total. The summed E-state index contributed by atoms with van der Waals surface area (Å²) in [5.41, 5.74) is 1.55. The predicted octanol–water partition coefficient (Wildman–Crippen LogP) is 3.25. The number of rotatable bonds is 6. The molecular formula is C18H26N2O3. The second kappa shape index (κ2) is 8.98. The molecule has 1 rings (SSSR count). The second-order valence-corrected chi connectivity index (χ2v) is 6.27. The number of hydrogen-bond acceptors (Lipinski definition) is 3. The van der Waals surface area contributed by atoms with E-state index in [-0.39, 0.29) is 5.91 Å². The molecule has 126 valence electrons. The first-order valence-electron chi connectivity index (χ1n) is 7.73. The van der Waals surface area contributed by atoms with E-state index in [4.69, 9.17) is 4.74 Å². The lowest BCUT2D eigenvalue weighted by Gasteiger charge is -2.19. The standard InChI is InChI=1S/C18H26N2O3/c1-14(21)19-11-6-5-8-15-9-7-10-16(12-15)13-20-17(22)23-18(2,3)4/h5,7-10,12H,6,11,13H2,1-4H3,(H,19,21)(H,20,22). The van der Waals surface area contributed by atoms with Crippen LogP contribution in [0.3, 0.4) is 0 Å². The largest absolute Gasteiger partial charge is 0.444 e. The summed E-state index contributed by atoms with van der Waals surface area (Å²) in [6.07, 6.45) is 4.36. The molecule has 1 aromatic rings. The first-order valence-corrected chi connectivity index (χ1v) is 7.73. The van der Waals surface area contributed by atoms with E-state index in [9.17, 15) is 9.59 Å². The molecule has 5 heteroatoms. The highest BCUT2D eigenvalue weighted by molar-refractivity contribution is 5.72. The summed E-state index contributed by atoms with van der Waals surface area (Å²) < 4.78 is 5.20. The van der Waals surface area contributed by atoms with Crippen LogP contribution in [0.2, 0.25) is 0 Å². The van der Waals surface area contributed by atoms with Crippen LogP contribution in [-0.2, 0) is 16.1 Å². The van der Waals surface area contributed by atoms with Gasteiger partial charge in [-0.25, -0.2) is 4.79 Å². The predicted molar refractivity (Wildman–Crippen MR) is 91.9 cm³/mol. The van der Waals surface area contributed by atoms with Crippen molar-refractivity contribution < 1.29 is 14.3 Å². The maximum Gasteiger partial charge on any atom is 0.407 e. The fourth-order valence-corrected chi connectivity index (χ4v) is 1.85. The van der Waals surface area contributed by atoms with Crippen molar-refractivity contribution in [1.82, 2.24) is 10.6 Å². The first-order chi connectivity index (χ1) is 10.8. The molecule has 23 heavy (non-hydrogen) atoms. The summed E-state index contributed by atoms with van der Waals surface area (Å²) in [7, 11) is 0. The van der Waals surface area contributed by atoms with Gasteiger partial charge in [0.05, 0.1) is 0 Å². The number of nitrogens with one attached hydrogen (secondary N) is 2. The fraction of sp³-hybridized carbons (Fsp3) is 0.444. The number of benzene rings is 1. The summed E-state index contributed by atoms with van der Waals surface area (Å²) in [6.45, 7) is 8.05. The summed E-state index contributed by atoms with van der Waals surface area (Å²) >= 11 is 0. The lowest BCUT2D eigenvalue weighted by Crippen LogP contribution is -2.32. The molecule has 0 saturated heterocycles. The Bertz CT molecular complexity index is 560. The molecule has 1 aromatic carbocycles. The van der Waals surface area contributed by atoms with E-state index in [1.807, 2.05) is 57.2 Å². The third kappa shape index (κ3) is 9.34. The average Bonchev–Trinajstić information content (AvgIpc) is 2.43. The van der Waals surface area contributed by atoms with Crippen molar-refractivity contribution in [2.45, 2.75) is 46.3 Å². The maximum atomic E-state index is 11.6. The molecule has 2 amide bonds. The van der Waals surface area contributed by atoms with Crippen LogP contribution in [0.1, 0.15) is 45.2 Å². The molecule has 0 bridgehead atoms. The number of amides is 2. The van der Waals surface area contributed by atoms with Gasteiger partial charge in [0.1, 0.15) is 5.60 Å². The summed E-state index contributed by atoms with van der Waals surface area (Å²) in [4.78, 5) is 22.4. The highest BCUT2D eigenvalue weighted by Gasteiger charge is 2.15. The van der Waals surface area contributed by atoms with Gasteiger partial charge in [0.15, 0.2) is 0 Å². The first kappa shape index (κ1) is 18.7. The molecule has 0 unspecified atom stereocenters. The third-order valence-electron chi connectivity index (χ3n) is 2.78. The zero-order valence-electron chi connectivity index (χ0n) is 14.3. The van der Waals surface area contributed by atoms with Crippen molar-refractivity contribution in [3.8, 4) is 0 Å². The van der Waals surface area contributed by atoms with Gasteiger partial charge in [-0.3, -0.25) is 4.79 Å². The minimum atomic E-state index is -0.497. The van der Waals surface area contributed by atoms with Crippen LogP contribution in [-0.4, -0.2) is 24.1 Å². The van der Waals surface area contributed by atoms with E-state index >= 15 is 0 Å². The van der Waals surface area contributed by atoms with Crippen molar-refractivity contribution in [3.63, 3.8) is 0 Å². The zero-order valence-corrected chi connectivity index (χ0v) is 14.3. The smallest absolute Gasteiger partial charge is 0.407 e. The summed E-state index contributed by atoms with van der Waals surface area (Å²) in [6, 6.07) is 7.89. The van der Waals surface area contributed by atoms with Gasteiger partial charge in [0.2, 0.25) is 5.91 Å². The van der Waals surface area contributed by atoms with Crippen LogP contribution in [0.4, 0.5) is 4.79 Å². The Morgan fingerprint density at radius 1 is 1.22 bits per heavy atom. The molecule has 0 fully saturated rings. The van der Waals surface area contributed by atoms with Crippen molar-refractivity contribution in [2.75, 3.05) is 6.54 Å². The minimum absolute atomic E-state index is 0.0198. The number of hydrogen-bond donors (Lipinski definition) is 2. The van der Waals surface area contributed by atoms with E-state index in [2.05, 4.69) is 10.6 Å². The van der Waals surface area contributed by atoms with Gasteiger partial charge in [-0.2, -0.15) is 0 Å². The van der Waals surface area contributed by atoms with Gasteiger partial charge in [-0.15, -0.1) is 0 Å². The highest BCUT2D eigenvalue weighted by Crippen LogP contribution is 2.09. The van der Waals surface area contributed by atoms with E-state index in [0.29, 0.717) is 13.1 Å². The summed E-state index contributed by atoms with van der Waals surface area (Å²) in [5.74, 6) is -0.0198. The zero-order chi connectivity index (χ0) is 17.3. The Kier molecular flexibility index (Phi) is 7.32. The van der Waals surface area contributed by atoms with Gasteiger partial charge in [0, 0.05) is 20.0 Å². The molecule has 0 heterocycles. The van der Waals surface area contributed by atoms with E-state index in [1.54, 1.807) is 0 Å². The van der Waals surface area contributed by atoms with Crippen molar-refractivity contribution in [2.24, 2.45) is 0 Å². The van der Waals surface area contributed by atoms with Crippen LogP contribution in [0.25, 0.3) is 6.08 Å². The van der Waals surface area contributed by atoms with Gasteiger partial charge < -0.3 is 15.4 Å². The molecule has 0 aliphatic heterocycles. The van der Waals surface area contributed by atoms with Gasteiger partial charge in [0.25, 0.3) is 0 Å². The van der Waals surface area contributed by atoms with Gasteiger partial charge in [-0.1, -0.05) is 30.4 Å². The molecule has 0 aromatic heterocycles. The highest BCUT2D eigenvalue weighted by atomic mass is 16.6. The summed E-state index contributed by atoms with van der Waals surface area (Å²) in [5, 5.41) is 5.48. The Labute approximate surface area is 138 Å². The number of alkyl carbamates (subject to hydrolysis) is 1. The molecule has 5 nitrogen and oxygen atoms in total. The topological polar surface area (TPSA) is 67.4 Å². The molecule has 0 aliphatic carbocycles. The molecule has 0 spiro atoms. The van der Waals surface area contributed by atoms with Gasteiger partial charge >= 0.3 is 6.09 Å². The second-order valence-electron chi connectivity index (χ2n) is 6.27. The van der Waals surface area contributed by atoms with Crippen molar-refractivity contribution in [1.29, 1.82) is 0 Å². The van der Waals surface area contributed by atoms with Crippen molar-refractivity contribution in [3.05, 3.63) is 41.5 Å². The maximum absolute atomic E-state index is 11.6. The normalized spacial score (nSPS) is 11.3. The fourth-order valence-electron chi connectivity index (χ4n) is 1.85. The molecule has 0 saturated carbocycles. The van der Waals surface area contributed by atoms with Crippen LogP contribution in [0.15, 0.2) is 30.3 Å². The Balaban J connectivity index is 2.45. The van der Waals surface area contributed by atoms with Crippen LogP contribution >= 0.6 is 0 Å². The molecule has 0 atom stereocenters. The average molecular weight is 318 g/mol.